The van der Waals surface area contributed by atoms with Crippen LogP contribution >= 0.6 is 0 Å². The highest BCUT2D eigenvalue weighted by atomic mass is 16.3. The molecule has 2 fully saturated rings. The molecule has 2 rings (SSSR count). The van der Waals surface area contributed by atoms with Crippen molar-refractivity contribution in [2.75, 3.05) is 26.2 Å². The largest absolute Gasteiger partial charge is 0.393 e. The predicted molar refractivity (Wildman–Crippen MR) is 61.9 cm³/mol. The maximum atomic E-state index is 9.28. The van der Waals surface area contributed by atoms with Gasteiger partial charge in [-0.25, -0.2) is 0 Å². The molecule has 88 valence electrons. The Kier molecular flexibility index (Phi) is 3.65. The highest BCUT2D eigenvalue weighted by Crippen LogP contribution is 2.28. The fraction of sp³-hybridized carbons (Fsp3) is 1.00. The molecule has 2 atom stereocenters. The Morgan fingerprint density at radius 2 is 2.07 bits per heavy atom. The van der Waals surface area contributed by atoms with Gasteiger partial charge in [-0.1, -0.05) is 0 Å². The summed E-state index contributed by atoms with van der Waals surface area (Å²) in [5, 5.41) is 9.28. The van der Waals surface area contributed by atoms with E-state index in [0.29, 0.717) is 6.04 Å². The summed E-state index contributed by atoms with van der Waals surface area (Å²) in [7, 11) is 0. The van der Waals surface area contributed by atoms with Gasteiger partial charge in [0.25, 0.3) is 0 Å². The highest BCUT2D eigenvalue weighted by Gasteiger charge is 2.33. The second kappa shape index (κ2) is 4.81. The Hall–Kier alpha value is -0.120. The minimum atomic E-state index is -0.154. The average Bonchev–Trinajstić information content (AvgIpc) is 2.98. The maximum Gasteiger partial charge on any atom is 0.0524 e. The van der Waals surface area contributed by atoms with Gasteiger partial charge in [0.2, 0.25) is 0 Å². The lowest BCUT2D eigenvalue weighted by Gasteiger charge is -2.40. The molecule has 1 saturated carbocycles. The lowest BCUT2D eigenvalue weighted by atomic mass is 10.1. The summed E-state index contributed by atoms with van der Waals surface area (Å²) in [4.78, 5) is 5.16. The molecule has 1 N–H and O–H groups in total. The monoisotopic (exact) mass is 212 g/mol. The highest BCUT2D eigenvalue weighted by molar-refractivity contribution is 4.90. The van der Waals surface area contributed by atoms with E-state index >= 15 is 0 Å². The molecule has 0 aromatic heterocycles. The van der Waals surface area contributed by atoms with Crippen LogP contribution in [0.2, 0.25) is 0 Å². The summed E-state index contributed by atoms with van der Waals surface area (Å²) >= 11 is 0. The quantitative estimate of drug-likeness (QED) is 0.751. The van der Waals surface area contributed by atoms with Crippen LogP contribution in [0.4, 0.5) is 0 Å². The molecule has 0 bridgehead atoms. The topological polar surface area (TPSA) is 26.7 Å². The Morgan fingerprint density at radius 3 is 2.60 bits per heavy atom. The zero-order chi connectivity index (χ0) is 10.8. The van der Waals surface area contributed by atoms with Crippen LogP contribution in [0.5, 0.6) is 0 Å². The molecule has 0 aromatic rings. The zero-order valence-corrected chi connectivity index (χ0v) is 10.0. The van der Waals surface area contributed by atoms with Gasteiger partial charge in [-0.15, -0.1) is 0 Å². The molecule has 2 aliphatic rings. The van der Waals surface area contributed by atoms with E-state index in [1.807, 2.05) is 6.92 Å². The molecule has 3 heteroatoms. The molecule has 1 aliphatic carbocycles. The molecule has 15 heavy (non-hydrogen) atoms. The van der Waals surface area contributed by atoms with Crippen molar-refractivity contribution < 1.29 is 5.11 Å². The Morgan fingerprint density at radius 1 is 1.33 bits per heavy atom. The molecule has 0 amide bonds. The predicted octanol–water partition coefficient (Wildman–Crippen LogP) is 0.926. The number of piperazine rings is 1. The molecular formula is C12H24N2O. The molecule has 1 aliphatic heterocycles. The third-order valence-corrected chi connectivity index (χ3v) is 3.69. The number of aliphatic hydroxyl groups is 1. The third kappa shape index (κ3) is 3.16. The van der Waals surface area contributed by atoms with Crippen molar-refractivity contribution in [3.63, 3.8) is 0 Å². The SMILES string of the molecule is CC(O)CCN1CCN(C2CC2)CC1C. The zero-order valence-electron chi connectivity index (χ0n) is 10.0. The van der Waals surface area contributed by atoms with Crippen LogP contribution in [0, 0.1) is 0 Å². The van der Waals surface area contributed by atoms with Gasteiger partial charge in [0.15, 0.2) is 0 Å². The first-order valence-electron chi connectivity index (χ1n) is 6.33. The van der Waals surface area contributed by atoms with E-state index in [0.717, 1.165) is 19.0 Å². The first-order valence-corrected chi connectivity index (χ1v) is 6.33. The number of aliphatic hydroxyl groups excluding tert-OH is 1. The smallest absolute Gasteiger partial charge is 0.0524 e. The van der Waals surface area contributed by atoms with Crippen molar-refractivity contribution in [2.24, 2.45) is 0 Å². The second-order valence-electron chi connectivity index (χ2n) is 5.25. The summed E-state index contributed by atoms with van der Waals surface area (Å²) < 4.78 is 0. The molecule has 0 aromatic carbocycles. The van der Waals surface area contributed by atoms with E-state index in [2.05, 4.69) is 16.7 Å². The van der Waals surface area contributed by atoms with Crippen LogP contribution in [-0.4, -0.2) is 59.3 Å². The van der Waals surface area contributed by atoms with Crippen LogP contribution in [-0.2, 0) is 0 Å². The van der Waals surface area contributed by atoms with Gasteiger partial charge in [-0.3, -0.25) is 9.80 Å². The summed E-state index contributed by atoms with van der Waals surface area (Å²) in [5.74, 6) is 0. The van der Waals surface area contributed by atoms with E-state index in [1.165, 1.54) is 32.5 Å². The Bertz CT molecular complexity index is 204. The van der Waals surface area contributed by atoms with Gasteiger partial charge < -0.3 is 5.11 Å². The molecule has 2 unspecified atom stereocenters. The Labute approximate surface area is 93.1 Å². The fourth-order valence-electron chi connectivity index (χ4n) is 2.48. The second-order valence-corrected chi connectivity index (χ2v) is 5.25. The van der Waals surface area contributed by atoms with Crippen molar-refractivity contribution in [1.82, 2.24) is 9.80 Å². The summed E-state index contributed by atoms with van der Waals surface area (Å²) in [6.45, 7) is 8.89. The van der Waals surface area contributed by atoms with Crippen LogP contribution < -0.4 is 0 Å². The number of rotatable bonds is 4. The molecule has 1 heterocycles. The lowest BCUT2D eigenvalue weighted by molar-refractivity contribution is 0.0647. The minimum absolute atomic E-state index is 0.154. The van der Waals surface area contributed by atoms with Crippen LogP contribution in [0.3, 0.4) is 0 Å². The van der Waals surface area contributed by atoms with E-state index in [9.17, 15) is 5.11 Å². The summed E-state index contributed by atoms with van der Waals surface area (Å²) in [6, 6.07) is 1.57. The van der Waals surface area contributed by atoms with Gasteiger partial charge in [0, 0.05) is 38.3 Å². The molecule has 0 radical (unpaired) electrons. The Balaban J connectivity index is 1.73. The summed E-state index contributed by atoms with van der Waals surface area (Å²) in [6.07, 6.45) is 3.59. The first-order chi connectivity index (χ1) is 7.16. The number of hydrogen-bond acceptors (Lipinski definition) is 3. The minimum Gasteiger partial charge on any atom is -0.393 e. The van der Waals surface area contributed by atoms with Gasteiger partial charge in [-0.2, -0.15) is 0 Å². The van der Waals surface area contributed by atoms with Gasteiger partial charge in [0.1, 0.15) is 0 Å². The molecule has 0 spiro atoms. The van der Waals surface area contributed by atoms with E-state index in [-0.39, 0.29) is 6.10 Å². The van der Waals surface area contributed by atoms with Crippen molar-refractivity contribution in [3.05, 3.63) is 0 Å². The van der Waals surface area contributed by atoms with Crippen molar-refractivity contribution in [2.45, 2.75) is 51.3 Å². The van der Waals surface area contributed by atoms with E-state index < -0.39 is 0 Å². The van der Waals surface area contributed by atoms with Crippen LogP contribution in [0.1, 0.15) is 33.1 Å². The van der Waals surface area contributed by atoms with Gasteiger partial charge in [0.05, 0.1) is 6.10 Å². The van der Waals surface area contributed by atoms with Crippen LogP contribution in [0.25, 0.3) is 0 Å². The molecule has 1 saturated heterocycles. The third-order valence-electron chi connectivity index (χ3n) is 3.69. The van der Waals surface area contributed by atoms with Gasteiger partial charge >= 0.3 is 0 Å². The van der Waals surface area contributed by atoms with Crippen molar-refractivity contribution >= 4 is 0 Å². The van der Waals surface area contributed by atoms with E-state index in [1.54, 1.807) is 0 Å². The van der Waals surface area contributed by atoms with Crippen molar-refractivity contribution in [3.8, 4) is 0 Å². The normalized spacial score (nSPS) is 31.8. The number of hydrogen-bond donors (Lipinski definition) is 1. The number of nitrogens with zero attached hydrogens (tertiary/aromatic N) is 2. The summed E-state index contributed by atoms with van der Waals surface area (Å²) in [5.41, 5.74) is 0. The maximum absolute atomic E-state index is 9.28. The first kappa shape index (κ1) is 11.4. The molecule has 3 nitrogen and oxygen atoms in total. The lowest BCUT2D eigenvalue weighted by Crippen LogP contribution is -2.52. The van der Waals surface area contributed by atoms with Crippen LogP contribution in [0.15, 0.2) is 0 Å². The average molecular weight is 212 g/mol. The van der Waals surface area contributed by atoms with E-state index in [4.69, 9.17) is 0 Å². The fourth-order valence-corrected chi connectivity index (χ4v) is 2.48. The molecular weight excluding hydrogens is 188 g/mol. The van der Waals surface area contributed by atoms with Crippen molar-refractivity contribution in [1.29, 1.82) is 0 Å². The van der Waals surface area contributed by atoms with Gasteiger partial charge in [-0.05, 0) is 33.1 Å². The standard InChI is InChI=1S/C12H24N2O/c1-10-9-14(12-3-4-12)8-7-13(10)6-5-11(2)15/h10-12,15H,3-9H2,1-2H3.